The van der Waals surface area contributed by atoms with Gasteiger partial charge < -0.3 is 9.47 Å². The van der Waals surface area contributed by atoms with Crippen LogP contribution in [-0.2, 0) is 24.9 Å². The minimum Gasteiger partial charge on any atom is -0.337 e. The average molecular weight is 326 g/mol. The van der Waals surface area contributed by atoms with Crippen LogP contribution in [0.4, 0.5) is 0 Å². The lowest BCUT2D eigenvalue weighted by Gasteiger charge is -2.31. The van der Waals surface area contributed by atoms with Crippen LogP contribution in [-0.4, -0.2) is 44.4 Å². The Morgan fingerprint density at radius 3 is 2.67 bits per heavy atom. The number of rotatable bonds is 5. The number of nitrogens with zero attached hydrogens (tertiary/aromatic N) is 4. The second kappa shape index (κ2) is 7.62. The average Bonchev–Trinajstić information content (AvgIpc) is 2.94. The van der Waals surface area contributed by atoms with Crippen molar-refractivity contribution in [3.63, 3.8) is 0 Å². The fraction of sp³-hybridized carbons (Fsp3) is 0.474. The van der Waals surface area contributed by atoms with Crippen LogP contribution in [0, 0.1) is 0 Å². The maximum atomic E-state index is 12.7. The molecule has 5 heteroatoms. The number of aryl methyl sites for hydroxylation is 1. The summed E-state index contributed by atoms with van der Waals surface area (Å²) in [5.74, 6) is 1.31. The molecule has 3 rings (SSSR count). The Hall–Kier alpha value is -2.14. The molecule has 5 nitrogen and oxygen atoms in total. The van der Waals surface area contributed by atoms with Gasteiger partial charge in [0.1, 0.15) is 5.82 Å². The van der Waals surface area contributed by atoms with Gasteiger partial charge in [-0.25, -0.2) is 4.98 Å². The molecule has 0 saturated carbocycles. The molecule has 1 aliphatic rings. The van der Waals surface area contributed by atoms with Crippen LogP contribution in [0.5, 0.6) is 0 Å². The van der Waals surface area contributed by atoms with Crippen LogP contribution in [0.15, 0.2) is 42.7 Å². The van der Waals surface area contributed by atoms with Gasteiger partial charge in [0.2, 0.25) is 5.91 Å². The van der Waals surface area contributed by atoms with Crippen LogP contribution in [0.1, 0.15) is 31.2 Å². The molecular weight excluding hydrogens is 300 g/mol. The van der Waals surface area contributed by atoms with E-state index in [-0.39, 0.29) is 11.9 Å². The molecule has 1 aromatic heterocycles. The number of hydrogen-bond acceptors (Lipinski definition) is 3. The van der Waals surface area contributed by atoms with Gasteiger partial charge in [0, 0.05) is 51.5 Å². The van der Waals surface area contributed by atoms with Crippen LogP contribution in [0.2, 0.25) is 0 Å². The van der Waals surface area contributed by atoms with E-state index in [9.17, 15) is 4.79 Å². The monoisotopic (exact) mass is 326 g/mol. The van der Waals surface area contributed by atoms with E-state index in [0.29, 0.717) is 13.0 Å². The molecule has 128 valence electrons. The van der Waals surface area contributed by atoms with E-state index < -0.39 is 0 Å². The van der Waals surface area contributed by atoms with Crippen LogP contribution < -0.4 is 0 Å². The number of carbonyl (C=O) groups excluding carboxylic acids is 1. The van der Waals surface area contributed by atoms with Crippen molar-refractivity contribution in [2.45, 2.75) is 38.9 Å². The standard InChI is InChI=1S/C19H26N4O/c1-3-17-14-22(15-18-20-10-12-21(18)2)11-9-19(24)23(17)13-16-7-5-4-6-8-16/h4-8,10,12,17H,3,9,11,13-15H2,1-2H3/t17-/m1/s1. The molecule has 2 heterocycles. The topological polar surface area (TPSA) is 41.4 Å². The fourth-order valence-electron chi connectivity index (χ4n) is 3.33. The first kappa shape index (κ1) is 16.7. The second-order valence-corrected chi connectivity index (χ2v) is 6.51. The van der Waals surface area contributed by atoms with E-state index in [4.69, 9.17) is 0 Å². The third kappa shape index (κ3) is 3.85. The summed E-state index contributed by atoms with van der Waals surface area (Å²) < 4.78 is 2.05. The van der Waals surface area contributed by atoms with Gasteiger partial charge in [-0.05, 0) is 12.0 Å². The Balaban J connectivity index is 1.72. The van der Waals surface area contributed by atoms with Gasteiger partial charge in [-0.15, -0.1) is 0 Å². The van der Waals surface area contributed by atoms with E-state index in [0.717, 1.165) is 31.9 Å². The lowest BCUT2D eigenvalue weighted by molar-refractivity contribution is -0.133. The van der Waals surface area contributed by atoms with Crippen molar-refractivity contribution < 1.29 is 4.79 Å². The summed E-state index contributed by atoms with van der Waals surface area (Å²) >= 11 is 0. The largest absolute Gasteiger partial charge is 0.337 e. The zero-order valence-corrected chi connectivity index (χ0v) is 14.6. The molecule has 2 aromatic rings. The van der Waals surface area contributed by atoms with E-state index >= 15 is 0 Å². The smallest absolute Gasteiger partial charge is 0.224 e. The molecule has 1 atom stereocenters. The maximum absolute atomic E-state index is 12.7. The predicted molar refractivity (Wildman–Crippen MR) is 94.2 cm³/mol. The Bertz CT molecular complexity index is 667. The van der Waals surface area contributed by atoms with Crippen molar-refractivity contribution in [3.05, 3.63) is 54.1 Å². The highest BCUT2D eigenvalue weighted by molar-refractivity contribution is 5.77. The van der Waals surface area contributed by atoms with Gasteiger partial charge in [0.25, 0.3) is 0 Å². The van der Waals surface area contributed by atoms with Crippen molar-refractivity contribution in [3.8, 4) is 0 Å². The van der Waals surface area contributed by atoms with Gasteiger partial charge in [0.15, 0.2) is 0 Å². The number of hydrogen-bond donors (Lipinski definition) is 0. The first-order valence-electron chi connectivity index (χ1n) is 8.69. The number of amides is 1. The number of imidazole rings is 1. The van der Waals surface area contributed by atoms with Crippen LogP contribution in [0.3, 0.4) is 0 Å². The second-order valence-electron chi connectivity index (χ2n) is 6.51. The SMILES string of the molecule is CC[C@@H]1CN(Cc2nccn2C)CCC(=O)N1Cc1ccccc1. The zero-order chi connectivity index (χ0) is 16.9. The van der Waals surface area contributed by atoms with E-state index in [2.05, 4.69) is 38.4 Å². The molecule has 0 aliphatic carbocycles. The Morgan fingerprint density at radius 2 is 2.00 bits per heavy atom. The summed E-state index contributed by atoms with van der Waals surface area (Å²) in [5, 5.41) is 0. The van der Waals surface area contributed by atoms with Gasteiger partial charge >= 0.3 is 0 Å². The summed E-state index contributed by atoms with van der Waals surface area (Å²) in [6.07, 6.45) is 5.35. The molecule has 1 aliphatic heterocycles. The van der Waals surface area contributed by atoms with Crippen molar-refractivity contribution >= 4 is 5.91 Å². The Kier molecular flexibility index (Phi) is 5.30. The number of aromatic nitrogens is 2. The molecule has 0 spiro atoms. The van der Waals surface area contributed by atoms with Crippen molar-refractivity contribution in [1.29, 1.82) is 0 Å². The first-order valence-corrected chi connectivity index (χ1v) is 8.69. The van der Waals surface area contributed by atoms with E-state index in [1.54, 1.807) is 0 Å². The summed E-state index contributed by atoms with van der Waals surface area (Å²) in [7, 11) is 2.02. The maximum Gasteiger partial charge on any atom is 0.224 e. The third-order valence-electron chi connectivity index (χ3n) is 4.82. The zero-order valence-electron chi connectivity index (χ0n) is 14.6. The summed E-state index contributed by atoms with van der Waals surface area (Å²) in [6.45, 7) is 5.37. The predicted octanol–water partition coefficient (Wildman–Crippen LogP) is 2.43. The molecule has 0 radical (unpaired) electrons. The van der Waals surface area contributed by atoms with Gasteiger partial charge in [0.05, 0.1) is 6.54 Å². The molecular formula is C19H26N4O. The minimum absolute atomic E-state index is 0.250. The molecule has 1 saturated heterocycles. The van der Waals surface area contributed by atoms with Crippen molar-refractivity contribution in [2.75, 3.05) is 13.1 Å². The number of carbonyl (C=O) groups is 1. The summed E-state index contributed by atoms with van der Waals surface area (Å²) in [5.41, 5.74) is 1.20. The molecule has 0 unspecified atom stereocenters. The molecule has 1 fully saturated rings. The highest BCUT2D eigenvalue weighted by Crippen LogP contribution is 2.18. The molecule has 1 aromatic carbocycles. The lowest BCUT2D eigenvalue weighted by atomic mass is 10.1. The van der Waals surface area contributed by atoms with Crippen LogP contribution >= 0.6 is 0 Å². The van der Waals surface area contributed by atoms with Crippen molar-refractivity contribution in [1.82, 2.24) is 19.4 Å². The molecule has 1 amide bonds. The Morgan fingerprint density at radius 1 is 1.21 bits per heavy atom. The summed E-state index contributed by atoms with van der Waals surface area (Å²) in [6, 6.07) is 10.5. The van der Waals surface area contributed by atoms with E-state index in [1.807, 2.05) is 37.6 Å². The lowest BCUT2D eigenvalue weighted by Crippen LogP contribution is -2.42. The molecule has 24 heavy (non-hydrogen) atoms. The third-order valence-corrected chi connectivity index (χ3v) is 4.82. The summed E-state index contributed by atoms with van der Waals surface area (Å²) in [4.78, 5) is 21.5. The van der Waals surface area contributed by atoms with Crippen LogP contribution in [0.25, 0.3) is 0 Å². The van der Waals surface area contributed by atoms with Crippen molar-refractivity contribution in [2.24, 2.45) is 7.05 Å². The van der Waals surface area contributed by atoms with E-state index in [1.165, 1.54) is 5.56 Å². The Labute approximate surface area is 143 Å². The minimum atomic E-state index is 0.250. The fourth-order valence-corrected chi connectivity index (χ4v) is 3.33. The molecule has 0 bridgehead atoms. The van der Waals surface area contributed by atoms with Gasteiger partial charge in [-0.3, -0.25) is 9.69 Å². The highest BCUT2D eigenvalue weighted by atomic mass is 16.2. The first-order chi connectivity index (χ1) is 11.7. The van der Waals surface area contributed by atoms with Gasteiger partial charge in [-0.2, -0.15) is 0 Å². The van der Waals surface area contributed by atoms with Gasteiger partial charge in [-0.1, -0.05) is 37.3 Å². The highest BCUT2D eigenvalue weighted by Gasteiger charge is 2.29. The molecule has 0 N–H and O–H groups in total. The number of benzene rings is 1. The normalized spacial score (nSPS) is 19.5. The quantitative estimate of drug-likeness (QED) is 0.847.